The second-order valence-corrected chi connectivity index (χ2v) is 5.52. The molecule has 116 valence electrons. The summed E-state index contributed by atoms with van der Waals surface area (Å²) in [6.45, 7) is 6.31. The minimum atomic E-state index is 0.484. The summed E-state index contributed by atoms with van der Waals surface area (Å²) in [5.74, 6) is 2.39. The Labute approximate surface area is 129 Å². The van der Waals surface area contributed by atoms with Crippen LogP contribution in [0.2, 0.25) is 0 Å². The summed E-state index contributed by atoms with van der Waals surface area (Å²) in [4.78, 5) is 13.0. The van der Waals surface area contributed by atoms with Gasteiger partial charge in [-0.15, -0.1) is 11.6 Å². The Balaban J connectivity index is 2.24. The van der Waals surface area contributed by atoms with Crippen LogP contribution in [-0.2, 0) is 17.7 Å². The maximum atomic E-state index is 5.86. The number of aromatic nitrogens is 4. The largest absolute Gasteiger partial charge is 0.479 e. The van der Waals surface area contributed by atoms with Crippen molar-refractivity contribution >= 4 is 22.8 Å². The average Bonchev–Trinajstić information content (AvgIpc) is 2.81. The molecule has 0 radical (unpaired) electrons. The van der Waals surface area contributed by atoms with Gasteiger partial charge >= 0.3 is 0 Å². The van der Waals surface area contributed by atoms with Crippen molar-refractivity contribution in [1.29, 1.82) is 0 Å². The first kappa shape index (κ1) is 16.0. The molecule has 0 aliphatic carbocycles. The van der Waals surface area contributed by atoms with Crippen LogP contribution in [-0.4, -0.2) is 45.7 Å². The van der Waals surface area contributed by atoms with Crippen LogP contribution in [0.15, 0.2) is 6.33 Å². The Morgan fingerprint density at radius 3 is 2.81 bits per heavy atom. The number of hydrogen-bond donors (Lipinski definition) is 0. The first-order valence-corrected chi connectivity index (χ1v) is 7.58. The van der Waals surface area contributed by atoms with Crippen LogP contribution in [0.1, 0.15) is 19.7 Å². The van der Waals surface area contributed by atoms with E-state index in [0.29, 0.717) is 42.8 Å². The third-order valence-corrected chi connectivity index (χ3v) is 3.19. The first-order valence-electron chi connectivity index (χ1n) is 7.05. The summed E-state index contributed by atoms with van der Waals surface area (Å²) in [5, 5.41) is 0. The van der Waals surface area contributed by atoms with Crippen LogP contribution in [0.3, 0.4) is 0 Å². The van der Waals surface area contributed by atoms with Crippen molar-refractivity contribution in [3.63, 3.8) is 0 Å². The van der Waals surface area contributed by atoms with Crippen molar-refractivity contribution in [1.82, 2.24) is 19.5 Å². The van der Waals surface area contributed by atoms with Crippen LogP contribution in [0.25, 0.3) is 11.2 Å². The molecule has 7 heteroatoms. The maximum Gasteiger partial charge on any atom is 0.245 e. The first-order chi connectivity index (χ1) is 10.2. The summed E-state index contributed by atoms with van der Waals surface area (Å²) in [6, 6.07) is 0. The lowest BCUT2D eigenvalue weighted by Crippen LogP contribution is -2.12. The van der Waals surface area contributed by atoms with Gasteiger partial charge in [-0.05, 0) is 5.92 Å². The standard InChI is InChI=1S/C14H21ClN4O2/c1-10(2)8-21-7-6-19-11(4-5-15)18-12-13(19)16-9-17-14(12)20-3/h9-10H,4-8H2,1-3H3. The monoisotopic (exact) mass is 312 g/mol. The highest BCUT2D eigenvalue weighted by atomic mass is 35.5. The molecule has 0 aromatic carbocycles. The van der Waals surface area contributed by atoms with E-state index < -0.39 is 0 Å². The van der Waals surface area contributed by atoms with Gasteiger partial charge in [0.05, 0.1) is 13.7 Å². The van der Waals surface area contributed by atoms with Crippen LogP contribution >= 0.6 is 11.6 Å². The van der Waals surface area contributed by atoms with Crippen molar-refractivity contribution in [3.05, 3.63) is 12.2 Å². The summed E-state index contributed by atoms with van der Waals surface area (Å²) >= 11 is 5.86. The van der Waals surface area contributed by atoms with Crippen LogP contribution in [0.5, 0.6) is 5.88 Å². The molecule has 2 rings (SSSR count). The SMILES string of the molecule is COc1ncnc2c1nc(CCCl)n2CCOCC(C)C. The lowest BCUT2D eigenvalue weighted by molar-refractivity contribution is 0.103. The number of ether oxygens (including phenoxy) is 2. The second-order valence-electron chi connectivity index (χ2n) is 5.14. The molecular weight excluding hydrogens is 292 g/mol. The molecule has 0 spiro atoms. The predicted octanol–water partition coefficient (Wildman–Crippen LogP) is 2.29. The summed E-state index contributed by atoms with van der Waals surface area (Å²) in [7, 11) is 1.58. The van der Waals surface area contributed by atoms with Gasteiger partial charge in [0.1, 0.15) is 12.2 Å². The van der Waals surface area contributed by atoms with Gasteiger partial charge in [-0.2, -0.15) is 4.98 Å². The molecule has 2 aromatic heterocycles. The van der Waals surface area contributed by atoms with E-state index in [1.165, 1.54) is 6.33 Å². The number of nitrogens with zero attached hydrogens (tertiary/aromatic N) is 4. The molecule has 0 saturated carbocycles. The third-order valence-electron chi connectivity index (χ3n) is 3.00. The van der Waals surface area contributed by atoms with E-state index in [1.54, 1.807) is 7.11 Å². The number of imidazole rings is 1. The lowest BCUT2D eigenvalue weighted by Gasteiger charge is -2.10. The quantitative estimate of drug-likeness (QED) is 0.553. The second kappa shape index (κ2) is 7.56. The molecule has 0 saturated heterocycles. The van der Waals surface area contributed by atoms with E-state index in [9.17, 15) is 0 Å². The van der Waals surface area contributed by atoms with Crippen molar-refractivity contribution in [2.75, 3.05) is 26.2 Å². The van der Waals surface area contributed by atoms with Gasteiger partial charge in [-0.1, -0.05) is 13.8 Å². The van der Waals surface area contributed by atoms with E-state index in [0.717, 1.165) is 18.1 Å². The third kappa shape index (κ3) is 3.83. The topological polar surface area (TPSA) is 62.1 Å². The fourth-order valence-corrected chi connectivity index (χ4v) is 2.26. The number of halogens is 1. The predicted molar refractivity (Wildman–Crippen MR) is 82.0 cm³/mol. The molecule has 0 unspecified atom stereocenters. The van der Waals surface area contributed by atoms with Gasteiger partial charge < -0.3 is 14.0 Å². The summed E-state index contributed by atoms with van der Waals surface area (Å²) in [5.41, 5.74) is 1.43. The zero-order valence-electron chi connectivity index (χ0n) is 12.7. The van der Waals surface area contributed by atoms with Gasteiger partial charge in [0.15, 0.2) is 11.2 Å². The van der Waals surface area contributed by atoms with E-state index in [2.05, 4.69) is 28.8 Å². The van der Waals surface area contributed by atoms with E-state index >= 15 is 0 Å². The molecule has 21 heavy (non-hydrogen) atoms. The number of aryl methyl sites for hydroxylation is 1. The fraction of sp³-hybridized carbons (Fsp3) is 0.643. The van der Waals surface area contributed by atoms with Gasteiger partial charge in [0, 0.05) is 25.5 Å². The van der Waals surface area contributed by atoms with Gasteiger partial charge in [0.25, 0.3) is 0 Å². The molecule has 0 fully saturated rings. The minimum Gasteiger partial charge on any atom is -0.479 e. The van der Waals surface area contributed by atoms with Crippen LogP contribution < -0.4 is 4.74 Å². The number of rotatable bonds is 8. The number of hydrogen-bond acceptors (Lipinski definition) is 5. The Hall–Kier alpha value is -1.40. The molecule has 0 atom stereocenters. The van der Waals surface area contributed by atoms with Gasteiger partial charge in [-0.25, -0.2) is 9.97 Å². The van der Waals surface area contributed by atoms with E-state index in [4.69, 9.17) is 21.1 Å². The molecule has 0 aliphatic rings. The summed E-state index contributed by atoms with van der Waals surface area (Å²) in [6.07, 6.45) is 2.16. The van der Waals surface area contributed by atoms with Crippen molar-refractivity contribution in [2.45, 2.75) is 26.8 Å². The number of alkyl halides is 1. The van der Waals surface area contributed by atoms with Crippen molar-refractivity contribution < 1.29 is 9.47 Å². The lowest BCUT2D eigenvalue weighted by atomic mass is 10.2. The smallest absolute Gasteiger partial charge is 0.245 e. The van der Waals surface area contributed by atoms with E-state index in [-0.39, 0.29) is 0 Å². The van der Waals surface area contributed by atoms with Crippen molar-refractivity contribution in [2.24, 2.45) is 5.92 Å². The molecule has 0 N–H and O–H groups in total. The number of methoxy groups -OCH3 is 1. The van der Waals surface area contributed by atoms with Crippen LogP contribution in [0, 0.1) is 5.92 Å². The Kier molecular flexibility index (Phi) is 5.76. The van der Waals surface area contributed by atoms with Crippen LogP contribution in [0.4, 0.5) is 0 Å². The average molecular weight is 313 g/mol. The molecule has 2 heterocycles. The highest BCUT2D eigenvalue weighted by molar-refractivity contribution is 6.17. The van der Waals surface area contributed by atoms with Crippen molar-refractivity contribution in [3.8, 4) is 5.88 Å². The molecule has 0 amide bonds. The maximum absolute atomic E-state index is 5.86. The zero-order chi connectivity index (χ0) is 15.2. The highest BCUT2D eigenvalue weighted by Crippen LogP contribution is 2.22. The molecule has 6 nitrogen and oxygen atoms in total. The minimum absolute atomic E-state index is 0.484. The van der Waals surface area contributed by atoms with Gasteiger partial charge in [-0.3, -0.25) is 0 Å². The van der Waals surface area contributed by atoms with Gasteiger partial charge in [0.2, 0.25) is 5.88 Å². The zero-order valence-corrected chi connectivity index (χ0v) is 13.4. The molecule has 0 aliphatic heterocycles. The Morgan fingerprint density at radius 1 is 1.33 bits per heavy atom. The normalized spacial score (nSPS) is 11.5. The van der Waals surface area contributed by atoms with E-state index in [1.807, 2.05) is 4.57 Å². The fourth-order valence-electron chi connectivity index (χ4n) is 2.10. The Bertz CT molecular complexity index is 586. The molecule has 0 bridgehead atoms. The molecule has 2 aromatic rings. The summed E-state index contributed by atoms with van der Waals surface area (Å²) < 4.78 is 12.9. The highest BCUT2D eigenvalue weighted by Gasteiger charge is 2.15. The number of fused-ring (bicyclic) bond motifs is 1. The molecular formula is C14H21ClN4O2. The Morgan fingerprint density at radius 2 is 2.14 bits per heavy atom.